The van der Waals surface area contributed by atoms with Crippen molar-refractivity contribution in [3.63, 3.8) is 0 Å². The minimum Gasteiger partial charge on any atom is -0.490 e. The van der Waals surface area contributed by atoms with E-state index in [0.29, 0.717) is 16.3 Å². The van der Waals surface area contributed by atoms with E-state index < -0.39 is 5.60 Å². The summed E-state index contributed by atoms with van der Waals surface area (Å²) in [4.78, 5) is 14.4. The number of carbonyl (C=O) groups is 1. The second-order valence-corrected chi connectivity index (χ2v) is 8.14. The van der Waals surface area contributed by atoms with Gasteiger partial charge in [-0.25, -0.2) is 4.79 Å². The molecule has 2 atom stereocenters. The van der Waals surface area contributed by atoms with E-state index in [1.54, 1.807) is 18.2 Å². The first-order valence-electron chi connectivity index (χ1n) is 8.64. The first kappa shape index (κ1) is 17.9. The molecule has 1 aromatic rings. The molecule has 2 unspecified atom stereocenters. The summed E-state index contributed by atoms with van der Waals surface area (Å²) < 4.78 is 11.6. The molecule has 134 valence electrons. The van der Waals surface area contributed by atoms with Crippen molar-refractivity contribution in [3.8, 4) is 11.8 Å². The third kappa shape index (κ3) is 4.01. The number of hydrogen-bond acceptors (Lipinski definition) is 4. The number of piperidine rings is 1. The molecule has 2 bridgehead atoms. The molecule has 0 saturated carbocycles. The van der Waals surface area contributed by atoms with E-state index in [1.165, 1.54) is 0 Å². The molecule has 25 heavy (non-hydrogen) atoms. The summed E-state index contributed by atoms with van der Waals surface area (Å²) >= 11 is 6.07. The number of amides is 1. The fraction of sp³-hybridized carbons (Fsp3) is 0.579. The van der Waals surface area contributed by atoms with Crippen LogP contribution < -0.4 is 4.74 Å². The number of hydrogen-bond donors (Lipinski definition) is 0. The zero-order valence-electron chi connectivity index (χ0n) is 14.8. The average molecular weight is 363 g/mol. The Kier molecular flexibility index (Phi) is 4.83. The zero-order chi connectivity index (χ0) is 18.2. The van der Waals surface area contributed by atoms with Gasteiger partial charge in [0.15, 0.2) is 0 Å². The maximum absolute atomic E-state index is 12.5. The Morgan fingerprint density at radius 2 is 1.92 bits per heavy atom. The van der Waals surface area contributed by atoms with Crippen molar-refractivity contribution in [1.82, 2.24) is 4.90 Å². The normalized spacial score (nSPS) is 25.4. The summed E-state index contributed by atoms with van der Waals surface area (Å²) in [6.07, 6.45) is 3.36. The largest absolute Gasteiger partial charge is 0.490 e. The van der Waals surface area contributed by atoms with E-state index in [0.717, 1.165) is 25.7 Å². The molecule has 0 aliphatic carbocycles. The Morgan fingerprint density at radius 3 is 2.44 bits per heavy atom. The van der Waals surface area contributed by atoms with Gasteiger partial charge < -0.3 is 14.4 Å². The van der Waals surface area contributed by atoms with E-state index in [-0.39, 0.29) is 24.3 Å². The smallest absolute Gasteiger partial charge is 0.410 e. The monoisotopic (exact) mass is 362 g/mol. The van der Waals surface area contributed by atoms with Crippen LogP contribution in [0, 0.1) is 11.3 Å². The third-order valence-corrected chi connectivity index (χ3v) is 4.97. The highest BCUT2D eigenvalue weighted by Crippen LogP contribution is 2.38. The number of nitriles is 1. The van der Waals surface area contributed by atoms with Crippen molar-refractivity contribution in [2.45, 2.75) is 70.2 Å². The van der Waals surface area contributed by atoms with Gasteiger partial charge in [0.1, 0.15) is 23.5 Å². The molecule has 1 aromatic carbocycles. The number of nitrogens with zero attached hydrogens (tertiary/aromatic N) is 2. The van der Waals surface area contributed by atoms with Gasteiger partial charge in [-0.3, -0.25) is 0 Å². The van der Waals surface area contributed by atoms with E-state index in [9.17, 15) is 4.79 Å². The molecule has 0 aromatic heterocycles. The Bertz CT molecular complexity index is 694. The quantitative estimate of drug-likeness (QED) is 0.775. The molecule has 0 radical (unpaired) electrons. The van der Waals surface area contributed by atoms with Gasteiger partial charge in [0, 0.05) is 31.0 Å². The lowest BCUT2D eigenvalue weighted by molar-refractivity contribution is -0.00707. The van der Waals surface area contributed by atoms with Gasteiger partial charge in [0.2, 0.25) is 0 Å². The highest BCUT2D eigenvalue weighted by atomic mass is 35.5. The molecule has 5 nitrogen and oxygen atoms in total. The van der Waals surface area contributed by atoms with Gasteiger partial charge in [-0.2, -0.15) is 5.26 Å². The predicted octanol–water partition coefficient (Wildman–Crippen LogP) is 4.52. The third-order valence-electron chi connectivity index (χ3n) is 4.66. The fourth-order valence-electron chi connectivity index (χ4n) is 3.69. The van der Waals surface area contributed by atoms with Crippen molar-refractivity contribution in [1.29, 1.82) is 5.26 Å². The minimum atomic E-state index is -0.483. The van der Waals surface area contributed by atoms with Crippen LogP contribution in [0.15, 0.2) is 18.2 Å². The van der Waals surface area contributed by atoms with E-state index >= 15 is 0 Å². The number of fused-ring (bicyclic) bond motifs is 2. The molecular formula is C19H23ClN2O3. The lowest BCUT2D eigenvalue weighted by atomic mass is 10.00. The van der Waals surface area contributed by atoms with Gasteiger partial charge in [0.05, 0.1) is 10.6 Å². The fourth-order valence-corrected chi connectivity index (χ4v) is 3.90. The molecule has 0 N–H and O–H groups in total. The maximum Gasteiger partial charge on any atom is 0.410 e. The van der Waals surface area contributed by atoms with E-state index in [1.807, 2.05) is 31.7 Å². The highest BCUT2D eigenvalue weighted by Gasteiger charge is 2.45. The van der Waals surface area contributed by atoms with Crippen LogP contribution in [0.2, 0.25) is 5.02 Å². The van der Waals surface area contributed by atoms with Crippen LogP contribution in [-0.4, -0.2) is 34.8 Å². The molecule has 6 heteroatoms. The Labute approximate surface area is 153 Å². The SMILES string of the molecule is CC(C)(C)OC(=O)N1C2CCC1CC(Oc1ccc(C#N)c(Cl)c1)C2. The summed E-state index contributed by atoms with van der Waals surface area (Å²) in [6, 6.07) is 7.48. The van der Waals surface area contributed by atoms with Crippen molar-refractivity contribution in [2.24, 2.45) is 0 Å². The van der Waals surface area contributed by atoms with Crippen molar-refractivity contribution < 1.29 is 14.3 Å². The summed E-state index contributed by atoms with van der Waals surface area (Å²) in [7, 11) is 0. The van der Waals surface area contributed by atoms with Crippen LogP contribution in [0.3, 0.4) is 0 Å². The second-order valence-electron chi connectivity index (χ2n) is 7.74. The number of carbonyl (C=O) groups excluding carboxylic acids is 1. The summed E-state index contributed by atoms with van der Waals surface area (Å²) in [5, 5.41) is 9.34. The summed E-state index contributed by atoms with van der Waals surface area (Å²) in [5.41, 5.74) is -0.0443. The number of halogens is 1. The Morgan fingerprint density at radius 1 is 1.28 bits per heavy atom. The number of ether oxygens (including phenoxy) is 2. The van der Waals surface area contributed by atoms with Crippen molar-refractivity contribution in [2.75, 3.05) is 0 Å². The first-order chi connectivity index (χ1) is 11.8. The van der Waals surface area contributed by atoms with Crippen LogP contribution in [0.25, 0.3) is 0 Å². The molecule has 1 amide bonds. The molecular weight excluding hydrogens is 340 g/mol. The van der Waals surface area contributed by atoms with E-state index in [4.69, 9.17) is 26.3 Å². The zero-order valence-corrected chi connectivity index (χ0v) is 15.5. The van der Waals surface area contributed by atoms with Crippen LogP contribution in [0.4, 0.5) is 4.79 Å². The van der Waals surface area contributed by atoms with Crippen LogP contribution >= 0.6 is 11.6 Å². The number of rotatable bonds is 2. The first-order valence-corrected chi connectivity index (χ1v) is 9.02. The van der Waals surface area contributed by atoms with Crippen molar-refractivity contribution >= 4 is 17.7 Å². The lowest BCUT2D eigenvalue weighted by Crippen LogP contribution is -2.50. The molecule has 2 aliphatic heterocycles. The molecule has 2 fully saturated rings. The lowest BCUT2D eigenvalue weighted by Gasteiger charge is -2.39. The summed E-state index contributed by atoms with van der Waals surface area (Å²) in [6.45, 7) is 5.66. The van der Waals surface area contributed by atoms with Crippen LogP contribution in [-0.2, 0) is 4.74 Å². The molecule has 2 saturated heterocycles. The van der Waals surface area contributed by atoms with Crippen LogP contribution in [0.1, 0.15) is 52.0 Å². The van der Waals surface area contributed by atoms with E-state index in [2.05, 4.69) is 0 Å². The van der Waals surface area contributed by atoms with Gasteiger partial charge in [-0.1, -0.05) is 11.6 Å². The van der Waals surface area contributed by atoms with Gasteiger partial charge >= 0.3 is 6.09 Å². The molecule has 2 aliphatic rings. The number of benzene rings is 1. The second kappa shape index (κ2) is 6.76. The molecule has 0 spiro atoms. The van der Waals surface area contributed by atoms with Gasteiger partial charge in [0.25, 0.3) is 0 Å². The Hall–Kier alpha value is -1.93. The van der Waals surface area contributed by atoms with Crippen LogP contribution in [0.5, 0.6) is 5.75 Å². The highest BCUT2D eigenvalue weighted by molar-refractivity contribution is 6.31. The summed E-state index contributed by atoms with van der Waals surface area (Å²) in [5.74, 6) is 0.666. The standard InChI is InChI=1S/C19H23ClN2O3/c1-19(2,3)25-18(23)22-13-5-6-14(22)9-16(8-13)24-15-7-4-12(11-21)17(20)10-15/h4,7,10,13-14,16H,5-6,8-9H2,1-3H3. The Balaban J connectivity index is 1.65. The van der Waals surface area contributed by atoms with Gasteiger partial charge in [-0.15, -0.1) is 0 Å². The topological polar surface area (TPSA) is 62.6 Å². The minimum absolute atomic E-state index is 0.0418. The van der Waals surface area contributed by atoms with Gasteiger partial charge in [-0.05, 0) is 45.7 Å². The molecule has 2 heterocycles. The average Bonchev–Trinajstić information content (AvgIpc) is 2.77. The maximum atomic E-state index is 12.5. The predicted molar refractivity (Wildman–Crippen MR) is 94.7 cm³/mol. The van der Waals surface area contributed by atoms with Crippen molar-refractivity contribution in [3.05, 3.63) is 28.8 Å². The molecule has 3 rings (SSSR count).